The Morgan fingerprint density at radius 1 is 1.17 bits per heavy atom. The number of carbonyl (C=O) groups excluding carboxylic acids is 1. The lowest BCUT2D eigenvalue weighted by molar-refractivity contribution is -0.907. The highest BCUT2D eigenvalue weighted by atomic mass is 19.1. The molecule has 1 unspecified atom stereocenters. The maximum atomic E-state index is 13.8. The molecule has 1 aromatic heterocycles. The van der Waals surface area contributed by atoms with Gasteiger partial charge in [-0.3, -0.25) is 4.79 Å². The fourth-order valence-electron chi connectivity index (χ4n) is 2.83. The SMILES string of the molecule is C[C@H](C(=O)c1c[nH]c2ccccc12)[NH+](C)Cc1ccccc1F. The number of likely N-dealkylation sites (N-methyl/N-ethyl adjacent to an activating group) is 1. The number of aromatic amines is 1. The third-order valence-electron chi connectivity index (χ3n) is 4.41. The van der Waals surface area contributed by atoms with Gasteiger partial charge in [0, 0.05) is 28.2 Å². The third-order valence-corrected chi connectivity index (χ3v) is 4.41. The second-order valence-electron chi connectivity index (χ2n) is 5.95. The molecule has 4 heteroatoms. The number of nitrogens with one attached hydrogen (secondary N) is 2. The molecule has 0 aliphatic heterocycles. The van der Waals surface area contributed by atoms with Gasteiger partial charge in [0.15, 0.2) is 0 Å². The number of fused-ring (bicyclic) bond motifs is 1. The van der Waals surface area contributed by atoms with Crippen LogP contribution in [0, 0.1) is 5.82 Å². The molecule has 0 saturated carbocycles. The van der Waals surface area contributed by atoms with E-state index in [4.69, 9.17) is 0 Å². The number of H-pyrrole nitrogens is 1. The van der Waals surface area contributed by atoms with Gasteiger partial charge in [-0.05, 0) is 19.1 Å². The summed E-state index contributed by atoms with van der Waals surface area (Å²) in [5, 5.41) is 0.933. The normalized spacial score (nSPS) is 13.9. The van der Waals surface area contributed by atoms with Gasteiger partial charge in [-0.25, -0.2) is 4.39 Å². The van der Waals surface area contributed by atoms with Crippen molar-refractivity contribution in [3.05, 3.63) is 71.7 Å². The number of carbonyl (C=O) groups is 1. The molecule has 23 heavy (non-hydrogen) atoms. The van der Waals surface area contributed by atoms with Crippen molar-refractivity contribution in [2.45, 2.75) is 19.5 Å². The summed E-state index contributed by atoms with van der Waals surface area (Å²) in [5.41, 5.74) is 2.28. The van der Waals surface area contributed by atoms with Crippen LogP contribution in [0.4, 0.5) is 4.39 Å². The van der Waals surface area contributed by atoms with Crippen LogP contribution in [0.2, 0.25) is 0 Å². The largest absolute Gasteiger partial charge is 0.360 e. The number of halogens is 1. The number of Topliss-reactive ketones (excluding diaryl/α,β-unsaturated/α-hetero) is 1. The molecule has 0 aliphatic carbocycles. The van der Waals surface area contributed by atoms with Crippen LogP contribution in [0.1, 0.15) is 22.8 Å². The number of hydrogen-bond acceptors (Lipinski definition) is 1. The molecule has 3 aromatic rings. The summed E-state index contributed by atoms with van der Waals surface area (Å²) < 4.78 is 13.8. The van der Waals surface area contributed by atoms with Crippen molar-refractivity contribution in [2.24, 2.45) is 0 Å². The molecule has 0 spiro atoms. The van der Waals surface area contributed by atoms with Crippen LogP contribution in [-0.4, -0.2) is 23.9 Å². The van der Waals surface area contributed by atoms with Crippen molar-refractivity contribution in [1.82, 2.24) is 4.98 Å². The molecule has 0 bridgehead atoms. The summed E-state index contributed by atoms with van der Waals surface area (Å²) in [6.45, 7) is 2.36. The molecular weight excluding hydrogens is 291 g/mol. The fraction of sp³-hybridized carbons (Fsp3) is 0.211. The quantitative estimate of drug-likeness (QED) is 0.698. The fourth-order valence-corrected chi connectivity index (χ4v) is 2.83. The first-order valence-electron chi connectivity index (χ1n) is 7.74. The van der Waals surface area contributed by atoms with Crippen molar-refractivity contribution >= 4 is 16.7 Å². The van der Waals surface area contributed by atoms with Crippen LogP contribution < -0.4 is 4.90 Å². The number of hydrogen-bond donors (Lipinski definition) is 2. The standard InChI is InChI=1S/C19H19FN2O/c1-13(22(2)12-14-7-3-5-9-17(14)20)19(23)16-11-21-18-10-6-4-8-15(16)18/h3-11,13,21H,12H2,1-2H3/p+1/t13-/m1/s1. The van der Waals surface area contributed by atoms with Crippen LogP contribution in [0.15, 0.2) is 54.7 Å². The first-order valence-corrected chi connectivity index (χ1v) is 7.74. The van der Waals surface area contributed by atoms with E-state index < -0.39 is 0 Å². The number of para-hydroxylation sites is 1. The Bertz CT molecular complexity index is 840. The molecule has 2 atom stereocenters. The van der Waals surface area contributed by atoms with Crippen molar-refractivity contribution in [1.29, 1.82) is 0 Å². The van der Waals surface area contributed by atoms with Crippen LogP contribution >= 0.6 is 0 Å². The van der Waals surface area contributed by atoms with E-state index in [1.807, 2.05) is 44.3 Å². The lowest BCUT2D eigenvalue weighted by Gasteiger charge is -2.20. The number of benzene rings is 2. The lowest BCUT2D eigenvalue weighted by Crippen LogP contribution is -3.12. The monoisotopic (exact) mass is 311 g/mol. The van der Waals surface area contributed by atoms with Gasteiger partial charge in [0.1, 0.15) is 18.4 Å². The topological polar surface area (TPSA) is 37.3 Å². The number of ketones is 1. The van der Waals surface area contributed by atoms with Gasteiger partial charge in [-0.2, -0.15) is 0 Å². The Balaban J connectivity index is 1.80. The molecule has 0 amide bonds. The van der Waals surface area contributed by atoms with Gasteiger partial charge in [-0.15, -0.1) is 0 Å². The second-order valence-corrected chi connectivity index (χ2v) is 5.95. The molecule has 3 rings (SSSR count). The van der Waals surface area contributed by atoms with Gasteiger partial charge in [0.05, 0.1) is 7.05 Å². The first kappa shape index (κ1) is 15.4. The minimum atomic E-state index is -0.256. The van der Waals surface area contributed by atoms with Crippen molar-refractivity contribution in [3.8, 4) is 0 Å². The van der Waals surface area contributed by atoms with Crippen LogP contribution in [0.25, 0.3) is 10.9 Å². The highest BCUT2D eigenvalue weighted by molar-refractivity contribution is 6.09. The zero-order chi connectivity index (χ0) is 16.4. The number of rotatable bonds is 5. The minimum Gasteiger partial charge on any atom is -0.360 e. The molecule has 2 N–H and O–H groups in total. The van der Waals surface area contributed by atoms with E-state index in [2.05, 4.69) is 4.98 Å². The highest BCUT2D eigenvalue weighted by Crippen LogP contribution is 2.18. The van der Waals surface area contributed by atoms with Crippen LogP contribution in [-0.2, 0) is 6.54 Å². The van der Waals surface area contributed by atoms with Crippen molar-refractivity contribution in [2.75, 3.05) is 7.05 Å². The van der Waals surface area contributed by atoms with Crippen LogP contribution in [0.5, 0.6) is 0 Å². The summed E-state index contributed by atoms with van der Waals surface area (Å²) in [5.74, 6) is -0.158. The molecular formula is C19H20FN2O+. The molecule has 0 aliphatic rings. The van der Waals surface area contributed by atoms with E-state index in [0.29, 0.717) is 17.7 Å². The smallest absolute Gasteiger partial charge is 0.221 e. The van der Waals surface area contributed by atoms with Gasteiger partial charge in [-0.1, -0.05) is 36.4 Å². The number of quaternary nitrogens is 1. The summed E-state index contributed by atoms with van der Waals surface area (Å²) in [6.07, 6.45) is 1.76. The minimum absolute atomic E-state index is 0.0660. The Kier molecular flexibility index (Phi) is 4.26. The average molecular weight is 311 g/mol. The highest BCUT2D eigenvalue weighted by Gasteiger charge is 2.26. The summed E-state index contributed by atoms with van der Waals surface area (Å²) in [4.78, 5) is 16.9. The molecule has 3 nitrogen and oxygen atoms in total. The maximum absolute atomic E-state index is 13.8. The summed E-state index contributed by atoms with van der Waals surface area (Å²) in [7, 11) is 1.92. The predicted molar refractivity (Wildman–Crippen MR) is 89.1 cm³/mol. The van der Waals surface area contributed by atoms with Gasteiger partial charge < -0.3 is 9.88 Å². The van der Waals surface area contributed by atoms with E-state index in [-0.39, 0.29) is 17.6 Å². The lowest BCUT2D eigenvalue weighted by atomic mass is 10.0. The molecule has 1 heterocycles. The van der Waals surface area contributed by atoms with Gasteiger partial charge in [0.2, 0.25) is 5.78 Å². The van der Waals surface area contributed by atoms with E-state index >= 15 is 0 Å². The molecule has 118 valence electrons. The zero-order valence-electron chi connectivity index (χ0n) is 13.3. The van der Waals surface area contributed by atoms with Gasteiger partial charge >= 0.3 is 0 Å². The predicted octanol–water partition coefficient (Wildman–Crippen LogP) is 2.59. The van der Waals surface area contributed by atoms with E-state index in [1.165, 1.54) is 6.07 Å². The van der Waals surface area contributed by atoms with E-state index in [1.54, 1.807) is 18.3 Å². The molecule has 0 radical (unpaired) electrons. The Hall–Kier alpha value is -2.46. The van der Waals surface area contributed by atoms with Crippen LogP contribution in [0.3, 0.4) is 0 Å². The average Bonchev–Trinajstić information content (AvgIpc) is 2.99. The Labute approximate surface area is 134 Å². The van der Waals surface area contributed by atoms with Crippen molar-refractivity contribution < 1.29 is 14.1 Å². The Morgan fingerprint density at radius 3 is 2.65 bits per heavy atom. The third kappa shape index (κ3) is 3.03. The summed E-state index contributed by atoms with van der Waals surface area (Å²) >= 11 is 0. The van der Waals surface area contributed by atoms with E-state index in [0.717, 1.165) is 15.8 Å². The van der Waals surface area contributed by atoms with Gasteiger partial charge in [0.25, 0.3) is 0 Å². The molecule has 0 saturated heterocycles. The zero-order valence-corrected chi connectivity index (χ0v) is 13.3. The maximum Gasteiger partial charge on any atom is 0.221 e. The van der Waals surface area contributed by atoms with Crippen molar-refractivity contribution in [3.63, 3.8) is 0 Å². The molecule has 2 aromatic carbocycles. The molecule has 0 fully saturated rings. The Morgan fingerprint density at radius 2 is 1.87 bits per heavy atom. The first-order chi connectivity index (χ1) is 11.1. The number of aromatic nitrogens is 1. The summed E-state index contributed by atoms with van der Waals surface area (Å²) in [6, 6.07) is 14.2. The van der Waals surface area contributed by atoms with E-state index in [9.17, 15) is 9.18 Å². The second kappa shape index (κ2) is 6.34.